The van der Waals surface area contributed by atoms with Gasteiger partial charge in [0.05, 0.1) is 6.10 Å². The van der Waals surface area contributed by atoms with Crippen LogP contribution < -0.4 is 0 Å². The number of aliphatic hydroxyl groups excluding tert-OH is 1. The highest BCUT2D eigenvalue weighted by atomic mass is 35.5. The van der Waals surface area contributed by atoms with E-state index >= 15 is 0 Å². The van der Waals surface area contributed by atoms with E-state index in [1.807, 2.05) is 32.9 Å². The quantitative estimate of drug-likeness (QED) is 0.773. The summed E-state index contributed by atoms with van der Waals surface area (Å²) in [7, 11) is 0. The van der Waals surface area contributed by atoms with Crippen molar-refractivity contribution in [2.75, 3.05) is 0 Å². The number of aryl methyl sites for hydroxylation is 1. The van der Waals surface area contributed by atoms with E-state index in [4.69, 9.17) is 11.6 Å². The van der Waals surface area contributed by atoms with Gasteiger partial charge in [0.15, 0.2) is 0 Å². The number of aliphatic hydroxyl groups is 1. The summed E-state index contributed by atoms with van der Waals surface area (Å²) in [6.07, 6.45) is 0.332. The van der Waals surface area contributed by atoms with Crippen molar-refractivity contribution in [2.45, 2.75) is 33.3 Å². The van der Waals surface area contributed by atoms with Crippen molar-refractivity contribution in [3.63, 3.8) is 0 Å². The van der Waals surface area contributed by atoms with Gasteiger partial charge >= 0.3 is 0 Å². The van der Waals surface area contributed by atoms with Crippen LogP contribution in [0.15, 0.2) is 12.1 Å². The first kappa shape index (κ1) is 10.6. The van der Waals surface area contributed by atoms with Crippen LogP contribution in [0.25, 0.3) is 0 Å². The third-order valence-electron chi connectivity index (χ3n) is 2.37. The lowest BCUT2D eigenvalue weighted by atomic mass is 9.99. The van der Waals surface area contributed by atoms with Gasteiger partial charge in [-0.05, 0) is 37.0 Å². The van der Waals surface area contributed by atoms with E-state index in [9.17, 15) is 5.11 Å². The van der Waals surface area contributed by atoms with Crippen molar-refractivity contribution in [3.8, 4) is 0 Å². The van der Waals surface area contributed by atoms with Crippen LogP contribution in [-0.2, 0) is 0 Å². The Bertz CT molecular complexity index is 307. The molecule has 0 aliphatic carbocycles. The van der Waals surface area contributed by atoms with E-state index in [2.05, 4.69) is 0 Å². The second-order valence-corrected chi connectivity index (χ2v) is 3.71. The van der Waals surface area contributed by atoms with Gasteiger partial charge in [0, 0.05) is 5.02 Å². The summed E-state index contributed by atoms with van der Waals surface area (Å²) >= 11 is 6.07. The number of halogens is 1. The van der Waals surface area contributed by atoms with Gasteiger partial charge in [-0.25, -0.2) is 0 Å². The third kappa shape index (κ3) is 2.04. The minimum absolute atomic E-state index is 0.391. The van der Waals surface area contributed by atoms with Gasteiger partial charge in [0.1, 0.15) is 0 Å². The van der Waals surface area contributed by atoms with Crippen LogP contribution in [-0.4, -0.2) is 5.11 Å². The highest BCUT2D eigenvalue weighted by Crippen LogP contribution is 2.28. The monoisotopic (exact) mass is 198 g/mol. The Kier molecular flexibility index (Phi) is 3.34. The van der Waals surface area contributed by atoms with Crippen LogP contribution in [0.4, 0.5) is 0 Å². The molecule has 0 aliphatic heterocycles. The molecule has 0 radical (unpaired) electrons. The predicted molar refractivity (Wildman–Crippen MR) is 56.2 cm³/mol. The fourth-order valence-electron chi connectivity index (χ4n) is 1.42. The van der Waals surface area contributed by atoms with E-state index in [0.29, 0.717) is 0 Å². The molecule has 0 bridgehead atoms. The van der Waals surface area contributed by atoms with E-state index in [1.54, 1.807) is 0 Å². The summed E-state index contributed by atoms with van der Waals surface area (Å²) < 4.78 is 0. The molecule has 2 heteroatoms. The normalized spacial score (nSPS) is 13.0. The summed E-state index contributed by atoms with van der Waals surface area (Å²) in [6, 6.07) is 3.90. The van der Waals surface area contributed by atoms with Crippen LogP contribution in [0, 0.1) is 13.8 Å². The lowest BCUT2D eigenvalue weighted by Gasteiger charge is -2.13. The van der Waals surface area contributed by atoms with E-state index < -0.39 is 6.10 Å². The summed E-state index contributed by atoms with van der Waals surface area (Å²) in [6.45, 7) is 5.87. The van der Waals surface area contributed by atoms with Gasteiger partial charge in [-0.1, -0.05) is 30.7 Å². The van der Waals surface area contributed by atoms with Crippen molar-refractivity contribution >= 4 is 11.6 Å². The second-order valence-electron chi connectivity index (χ2n) is 3.33. The molecule has 1 rings (SSSR count). The summed E-state index contributed by atoms with van der Waals surface area (Å²) in [5.41, 5.74) is 3.00. The fourth-order valence-corrected chi connectivity index (χ4v) is 1.59. The largest absolute Gasteiger partial charge is 0.388 e. The fraction of sp³-hybridized carbons (Fsp3) is 0.455. The van der Waals surface area contributed by atoms with Gasteiger partial charge in [-0.3, -0.25) is 0 Å². The lowest BCUT2D eigenvalue weighted by Crippen LogP contribution is -1.99. The van der Waals surface area contributed by atoms with Crippen LogP contribution >= 0.6 is 11.6 Å². The number of hydrogen-bond acceptors (Lipinski definition) is 1. The Morgan fingerprint density at radius 1 is 1.38 bits per heavy atom. The third-order valence-corrected chi connectivity index (χ3v) is 2.95. The predicted octanol–water partition coefficient (Wildman–Crippen LogP) is 3.40. The van der Waals surface area contributed by atoms with Crippen LogP contribution in [0.5, 0.6) is 0 Å². The smallest absolute Gasteiger partial charge is 0.0790 e. The van der Waals surface area contributed by atoms with Crippen molar-refractivity contribution < 1.29 is 5.11 Å². The van der Waals surface area contributed by atoms with Gasteiger partial charge in [-0.15, -0.1) is 0 Å². The first-order valence-corrected chi connectivity index (χ1v) is 4.89. The van der Waals surface area contributed by atoms with Gasteiger partial charge in [0.25, 0.3) is 0 Å². The second kappa shape index (κ2) is 4.12. The Balaban J connectivity index is 3.18. The summed E-state index contributed by atoms with van der Waals surface area (Å²) in [5, 5.41) is 10.4. The topological polar surface area (TPSA) is 20.2 Å². The van der Waals surface area contributed by atoms with E-state index in [0.717, 1.165) is 28.1 Å². The van der Waals surface area contributed by atoms with Gasteiger partial charge in [0.2, 0.25) is 0 Å². The molecule has 0 saturated heterocycles. The van der Waals surface area contributed by atoms with Crippen molar-refractivity contribution in [1.82, 2.24) is 0 Å². The Morgan fingerprint density at radius 2 is 2.00 bits per heavy atom. The van der Waals surface area contributed by atoms with Crippen molar-refractivity contribution in [2.24, 2.45) is 0 Å². The zero-order valence-corrected chi connectivity index (χ0v) is 9.02. The average Bonchev–Trinajstić information content (AvgIpc) is 2.13. The molecule has 0 heterocycles. The molecule has 0 saturated carbocycles. The molecule has 1 atom stereocenters. The maximum Gasteiger partial charge on any atom is 0.0790 e. The molecule has 1 N–H and O–H groups in total. The number of hydrogen-bond donors (Lipinski definition) is 1. The Labute approximate surface area is 84.4 Å². The summed E-state index contributed by atoms with van der Waals surface area (Å²) in [4.78, 5) is 0. The Morgan fingerprint density at radius 3 is 2.54 bits per heavy atom. The molecule has 1 aromatic rings. The van der Waals surface area contributed by atoms with Crippen LogP contribution in [0.2, 0.25) is 5.02 Å². The minimum atomic E-state index is -0.391. The number of rotatable bonds is 2. The molecule has 1 unspecified atom stereocenters. The molecule has 72 valence electrons. The van der Waals surface area contributed by atoms with Crippen molar-refractivity contribution in [3.05, 3.63) is 33.8 Å². The summed E-state index contributed by atoms with van der Waals surface area (Å²) in [5.74, 6) is 0. The molecule has 0 aromatic heterocycles. The van der Waals surface area contributed by atoms with Crippen LogP contribution in [0.3, 0.4) is 0 Å². The van der Waals surface area contributed by atoms with Crippen LogP contribution in [0.1, 0.15) is 36.1 Å². The average molecular weight is 199 g/mol. The molecule has 0 amide bonds. The molecule has 0 spiro atoms. The number of benzene rings is 1. The highest BCUT2D eigenvalue weighted by Gasteiger charge is 2.11. The first-order valence-electron chi connectivity index (χ1n) is 4.51. The molecule has 0 fully saturated rings. The van der Waals surface area contributed by atoms with E-state index in [-0.39, 0.29) is 0 Å². The standard InChI is InChI=1S/C11H15ClO/c1-4-10(13)9-6-5-7(2)11(12)8(9)3/h5-6,10,13H,4H2,1-3H3. The SMILES string of the molecule is CCC(O)c1ccc(C)c(Cl)c1C. The van der Waals surface area contributed by atoms with Crippen molar-refractivity contribution in [1.29, 1.82) is 0 Å². The lowest BCUT2D eigenvalue weighted by molar-refractivity contribution is 0.173. The molecule has 1 aromatic carbocycles. The van der Waals surface area contributed by atoms with E-state index in [1.165, 1.54) is 0 Å². The zero-order valence-electron chi connectivity index (χ0n) is 8.26. The first-order chi connectivity index (χ1) is 6.07. The molecular formula is C11H15ClO. The van der Waals surface area contributed by atoms with Gasteiger partial charge < -0.3 is 5.11 Å². The minimum Gasteiger partial charge on any atom is -0.388 e. The van der Waals surface area contributed by atoms with Gasteiger partial charge in [-0.2, -0.15) is 0 Å². The molecule has 1 nitrogen and oxygen atoms in total. The Hall–Kier alpha value is -0.530. The highest BCUT2D eigenvalue weighted by molar-refractivity contribution is 6.32. The zero-order chi connectivity index (χ0) is 10.0. The maximum absolute atomic E-state index is 9.67. The molecular weight excluding hydrogens is 184 g/mol. The maximum atomic E-state index is 9.67. The molecule has 0 aliphatic rings. The molecule has 13 heavy (non-hydrogen) atoms.